The monoisotopic (exact) mass is 310 g/mol. The summed E-state index contributed by atoms with van der Waals surface area (Å²) >= 11 is 0. The first kappa shape index (κ1) is 15.1. The molecule has 1 aromatic carbocycles. The van der Waals surface area contributed by atoms with Crippen molar-refractivity contribution < 1.29 is 4.74 Å². The molecule has 4 rings (SSSR count). The molecule has 0 amide bonds. The largest absolute Gasteiger partial charge is 0.378 e. The standard InChI is InChI=1S/C20H26N2O/c1-15-12-18(8-11-23-15)20-7-5-17-13-16(4-6-19(17)21-20)14-22-9-2-3-10-22/h4-7,13,15,18H,2-3,8-12,14H2,1H3. The molecule has 2 atom stereocenters. The van der Waals surface area contributed by atoms with Gasteiger partial charge in [-0.1, -0.05) is 12.1 Å². The van der Waals surface area contributed by atoms with Crippen molar-refractivity contribution in [3.8, 4) is 0 Å². The molecule has 2 unspecified atom stereocenters. The van der Waals surface area contributed by atoms with Crippen molar-refractivity contribution in [2.75, 3.05) is 19.7 Å². The van der Waals surface area contributed by atoms with Gasteiger partial charge in [0.25, 0.3) is 0 Å². The minimum atomic E-state index is 0.356. The van der Waals surface area contributed by atoms with Crippen LogP contribution in [0.1, 0.15) is 49.8 Å². The van der Waals surface area contributed by atoms with Crippen LogP contribution in [0, 0.1) is 0 Å². The Kier molecular flexibility index (Phi) is 4.32. The highest BCUT2D eigenvalue weighted by molar-refractivity contribution is 5.79. The molecule has 2 aliphatic heterocycles. The lowest BCUT2D eigenvalue weighted by Crippen LogP contribution is -2.22. The van der Waals surface area contributed by atoms with E-state index in [9.17, 15) is 0 Å². The average Bonchev–Trinajstić information content (AvgIpc) is 3.07. The summed E-state index contributed by atoms with van der Waals surface area (Å²) in [5.74, 6) is 0.549. The SMILES string of the molecule is CC1CC(c2ccc3cc(CN4CCCC4)ccc3n2)CCO1. The number of nitrogens with zero attached hydrogens (tertiary/aromatic N) is 2. The quantitative estimate of drug-likeness (QED) is 0.853. The maximum absolute atomic E-state index is 5.66. The lowest BCUT2D eigenvalue weighted by atomic mass is 9.92. The summed E-state index contributed by atoms with van der Waals surface area (Å²) in [6.07, 6.45) is 5.24. The molecule has 0 spiro atoms. The van der Waals surface area contributed by atoms with Gasteiger partial charge in [0.2, 0.25) is 0 Å². The molecule has 122 valence electrons. The second-order valence-corrected chi connectivity index (χ2v) is 7.15. The van der Waals surface area contributed by atoms with Gasteiger partial charge in [-0.05, 0) is 69.5 Å². The topological polar surface area (TPSA) is 25.4 Å². The van der Waals surface area contributed by atoms with Gasteiger partial charge >= 0.3 is 0 Å². The van der Waals surface area contributed by atoms with Crippen LogP contribution in [0.15, 0.2) is 30.3 Å². The number of pyridine rings is 1. The van der Waals surface area contributed by atoms with E-state index in [-0.39, 0.29) is 0 Å². The summed E-state index contributed by atoms with van der Waals surface area (Å²) in [7, 11) is 0. The van der Waals surface area contributed by atoms with Crippen LogP contribution in [0.2, 0.25) is 0 Å². The van der Waals surface area contributed by atoms with Gasteiger partial charge in [-0.3, -0.25) is 9.88 Å². The number of ether oxygens (including phenoxy) is 1. The Morgan fingerprint density at radius 3 is 2.87 bits per heavy atom. The fraction of sp³-hybridized carbons (Fsp3) is 0.550. The van der Waals surface area contributed by atoms with E-state index in [4.69, 9.17) is 9.72 Å². The zero-order valence-corrected chi connectivity index (χ0v) is 14.0. The predicted octanol–water partition coefficient (Wildman–Crippen LogP) is 4.11. The van der Waals surface area contributed by atoms with Crippen molar-refractivity contribution in [2.45, 2.75) is 51.2 Å². The molecular weight excluding hydrogens is 284 g/mol. The number of hydrogen-bond donors (Lipinski definition) is 0. The molecule has 0 N–H and O–H groups in total. The molecule has 2 aliphatic rings. The number of rotatable bonds is 3. The number of aromatic nitrogens is 1. The van der Waals surface area contributed by atoms with Gasteiger partial charge in [-0.15, -0.1) is 0 Å². The molecule has 0 bridgehead atoms. The highest BCUT2D eigenvalue weighted by atomic mass is 16.5. The van der Waals surface area contributed by atoms with Crippen LogP contribution in [0.4, 0.5) is 0 Å². The van der Waals surface area contributed by atoms with Crippen LogP contribution in [0.3, 0.4) is 0 Å². The Hall–Kier alpha value is -1.45. The van der Waals surface area contributed by atoms with Crippen LogP contribution in [-0.4, -0.2) is 35.7 Å². The van der Waals surface area contributed by atoms with Crippen molar-refractivity contribution in [1.82, 2.24) is 9.88 Å². The van der Waals surface area contributed by atoms with E-state index in [1.165, 1.54) is 42.6 Å². The summed E-state index contributed by atoms with van der Waals surface area (Å²) in [4.78, 5) is 7.49. The third-order valence-corrected chi connectivity index (χ3v) is 5.28. The van der Waals surface area contributed by atoms with E-state index >= 15 is 0 Å². The summed E-state index contributed by atoms with van der Waals surface area (Å²) in [6, 6.07) is 11.3. The van der Waals surface area contributed by atoms with Crippen LogP contribution in [0.5, 0.6) is 0 Å². The number of fused-ring (bicyclic) bond motifs is 1. The van der Waals surface area contributed by atoms with Crippen molar-refractivity contribution in [3.63, 3.8) is 0 Å². The van der Waals surface area contributed by atoms with E-state index < -0.39 is 0 Å². The van der Waals surface area contributed by atoms with Crippen LogP contribution in [0.25, 0.3) is 10.9 Å². The molecule has 3 heterocycles. The van der Waals surface area contributed by atoms with Gasteiger partial charge in [-0.25, -0.2) is 0 Å². The summed E-state index contributed by atoms with van der Waals surface area (Å²) in [5.41, 5.74) is 3.78. The van der Waals surface area contributed by atoms with Crippen LogP contribution in [-0.2, 0) is 11.3 Å². The molecule has 3 nitrogen and oxygen atoms in total. The molecule has 1 aromatic heterocycles. The summed E-state index contributed by atoms with van der Waals surface area (Å²) < 4.78 is 5.66. The molecule has 3 heteroatoms. The smallest absolute Gasteiger partial charge is 0.0705 e. The predicted molar refractivity (Wildman–Crippen MR) is 93.6 cm³/mol. The first-order valence-electron chi connectivity index (χ1n) is 9.01. The van der Waals surface area contributed by atoms with Gasteiger partial charge in [0, 0.05) is 30.1 Å². The lowest BCUT2D eigenvalue weighted by molar-refractivity contribution is 0.0180. The first-order chi connectivity index (χ1) is 11.3. The molecule has 2 saturated heterocycles. The average molecular weight is 310 g/mol. The minimum absolute atomic E-state index is 0.356. The van der Waals surface area contributed by atoms with E-state index in [0.29, 0.717) is 12.0 Å². The van der Waals surface area contributed by atoms with Gasteiger partial charge in [0.1, 0.15) is 0 Å². The fourth-order valence-corrected chi connectivity index (χ4v) is 3.98. The molecule has 2 fully saturated rings. The normalized spacial score (nSPS) is 26.0. The van der Waals surface area contributed by atoms with Crippen LogP contribution < -0.4 is 0 Å². The summed E-state index contributed by atoms with van der Waals surface area (Å²) in [5, 5.41) is 1.27. The Bertz CT molecular complexity index is 678. The summed E-state index contributed by atoms with van der Waals surface area (Å²) in [6.45, 7) is 6.60. The number of likely N-dealkylation sites (tertiary alicyclic amines) is 1. The van der Waals surface area contributed by atoms with Gasteiger partial charge in [0.15, 0.2) is 0 Å². The fourth-order valence-electron chi connectivity index (χ4n) is 3.98. The van der Waals surface area contributed by atoms with E-state index in [1.807, 2.05) is 0 Å². The minimum Gasteiger partial charge on any atom is -0.378 e. The molecule has 0 radical (unpaired) electrons. The zero-order chi connectivity index (χ0) is 15.6. The third-order valence-electron chi connectivity index (χ3n) is 5.28. The van der Waals surface area contributed by atoms with Gasteiger partial charge < -0.3 is 4.74 Å². The second kappa shape index (κ2) is 6.58. The maximum atomic E-state index is 5.66. The molecule has 0 aliphatic carbocycles. The highest BCUT2D eigenvalue weighted by Gasteiger charge is 2.22. The van der Waals surface area contributed by atoms with E-state index in [2.05, 4.69) is 42.2 Å². The number of hydrogen-bond acceptors (Lipinski definition) is 3. The third kappa shape index (κ3) is 3.41. The molecule has 2 aromatic rings. The number of benzene rings is 1. The van der Waals surface area contributed by atoms with Crippen molar-refractivity contribution in [1.29, 1.82) is 0 Å². The first-order valence-corrected chi connectivity index (χ1v) is 9.01. The second-order valence-electron chi connectivity index (χ2n) is 7.15. The van der Waals surface area contributed by atoms with Gasteiger partial charge in [-0.2, -0.15) is 0 Å². The van der Waals surface area contributed by atoms with Crippen molar-refractivity contribution >= 4 is 10.9 Å². The Labute approximate surface area is 138 Å². The molecular formula is C20H26N2O. The van der Waals surface area contributed by atoms with Gasteiger partial charge in [0.05, 0.1) is 11.6 Å². The van der Waals surface area contributed by atoms with Crippen molar-refractivity contribution in [3.05, 3.63) is 41.6 Å². The zero-order valence-electron chi connectivity index (χ0n) is 14.0. The maximum Gasteiger partial charge on any atom is 0.0705 e. The van der Waals surface area contributed by atoms with E-state index in [1.54, 1.807) is 0 Å². The van der Waals surface area contributed by atoms with Crippen molar-refractivity contribution in [2.24, 2.45) is 0 Å². The lowest BCUT2D eigenvalue weighted by Gasteiger charge is -2.27. The Morgan fingerprint density at radius 1 is 1.17 bits per heavy atom. The van der Waals surface area contributed by atoms with Crippen LogP contribution >= 0.6 is 0 Å². The highest BCUT2D eigenvalue weighted by Crippen LogP contribution is 2.30. The molecule has 0 saturated carbocycles. The Balaban J connectivity index is 1.54. The Morgan fingerprint density at radius 2 is 2.04 bits per heavy atom. The molecule has 23 heavy (non-hydrogen) atoms. The van der Waals surface area contributed by atoms with E-state index in [0.717, 1.165) is 31.5 Å².